The molecule has 1 aliphatic heterocycles. The number of nitrogens with two attached hydrogens (primary N) is 1. The Morgan fingerprint density at radius 1 is 1.34 bits per heavy atom. The van der Waals surface area contributed by atoms with Gasteiger partial charge in [-0.25, -0.2) is 5.10 Å². The molecule has 1 aliphatic rings. The SMILES string of the molecule is Cc1ccccc1[C@H](C)n1nc(C(N)=O)c2c1CCN(c1cn[nH]c(=O)c1Cl)C2. The number of nitrogens with one attached hydrogen (secondary N) is 1. The summed E-state index contributed by atoms with van der Waals surface area (Å²) in [6, 6.07) is 8.06. The first-order chi connectivity index (χ1) is 13.9. The standard InChI is InChI=1S/C20H21ClN6O2/c1-11-5-3-4-6-13(11)12(2)27-15-7-8-26(10-14(15)18(25-27)19(22)28)16-9-23-24-20(29)17(16)21/h3-6,9,12H,7-8,10H2,1-2H3,(H2,22,28)(H,24,29)/t12-/m0/s1. The Kier molecular flexibility index (Phi) is 4.87. The number of rotatable bonds is 4. The highest BCUT2D eigenvalue weighted by atomic mass is 35.5. The molecular formula is C20H21ClN6O2. The number of carbonyl (C=O) groups is 1. The maximum absolute atomic E-state index is 12.1. The van der Waals surface area contributed by atoms with Crippen LogP contribution in [0.25, 0.3) is 0 Å². The number of anilines is 1. The van der Waals surface area contributed by atoms with Crippen LogP contribution in [-0.4, -0.2) is 32.4 Å². The minimum Gasteiger partial charge on any atom is -0.364 e. The predicted molar refractivity (Wildman–Crippen MR) is 110 cm³/mol. The summed E-state index contributed by atoms with van der Waals surface area (Å²) in [5.41, 5.74) is 9.98. The number of aryl methyl sites for hydroxylation is 1. The second-order valence-corrected chi connectivity index (χ2v) is 7.56. The Labute approximate surface area is 172 Å². The topological polar surface area (TPSA) is 110 Å². The van der Waals surface area contributed by atoms with Crippen LogP contribution in [-0.2, 0) is 13.0 Å². The van der Waals surface area contributed by atoms with E-state index in [-0.39, 0.29) is 16.8 Å². The molecule has 3 aromatic rings. The maximum atomic E-state index is 12.1. The quantitative estimate of drug-likeness (QED) is 0.682. The first-order valence-corrected chi connectivity index (χ1v) is 9.70. The van der Waals surface area contributed by atoms with Crippen molar-refractivity contribution in [1.82, 2.24) is 20.0 Å². The molecule has 3 heterocycles. The fourth-order valence-electron chi connectivity index (χ4n) is 3.95. The Hall–Kier alpha value is -3.13. The lowest BCUT2D eigenvalue weighted by Crippen LogP contribution is -2.33. The molecule has 4 rings (SSSR count). The summed E-state index contributed by atoms with van der Waals surface area (Å²) in [6.07, 6.45) is 2.15. The number of halogens is 1. The lowest BCUT2D eigenvalue weighted by atomic mass is 10.0. The van der Waals surface area contributed by atoms with E-state index >= 15 is 0 Å². The second kappa shape index (κ2) is 7.36. The molecular weight excluding hydrogens is 392 g/mol. The number of hydrogen-bond acceptors (Lipinski definition) is 5. The van der Waals surface area contributed by atoms with Crippen molar-refractivity contribution in [3.63, 3.8) is 0 Å². The Morgan fingerprint density at radius 2 is 2.10 bits per heavy atom. The molecule has 0 fully saturated rings. The van der Waals surface area contributed by atoms with E-state index < -0.39 is 11.5 Å². The largest absolute Gasteiger partial charge is 0.364 e. The van der Waals surface area contributed by atoms with Crippen LogP contribution >= 0.6 is 11.6 Å². The van der Waals surface area contributed by atoms with Crippen molar-refractivity contribution >= 4 is 23.2 Å². The van der Waals surface area contributed by atoms with Gasteiger partial charge in [0.05, 0.1) is 17.9 Å². The van der Waals surface area contributed by atoms with E-state index in [1.165, 1.54) is 6.20 Å². The fraction of sp³-hybridized carbons (Fsp3) is 0.300. The highest BCUT2D eigenvalue weighted by Gasteiger charge is 2.30. The molecule has 29 heavy (non-hydrogen) atoms. The third-order valence-electron chi connectivity index (χ3n) is 5.44. The van der Waals surface area contributed by atoms with E-state index in [9.17, 15) is 9.59 Å². The number of fused-ring (bicyclic) bond motifs is 1. The van der Waals surface area contributed by atoms with Crippen molar-refractivity contribution in [2.45, 2.75) is 32.9 Å². The smallest absolute Gasteiger partial charge is 0.285 e. The number of primary amides is 1. The Morgan fingerprint density at radius 3 is 2.83 bits per heavy atom. The molecule has 1 atom stereocenters. The number of aromatic nitrogens is 4. The lowest BCUT2D eigenvalue weighted by Gasteiger charge is -2.30. The van der Waals surface area contributed by atoms with Gasteiger partial charge in [0.2, 0.25) is 0 Å². The summed E-state index contributed by atoms with van der Waals surface area (Å²) in [4.78, 5) is 25.8. The molecule has 0 spiro atoms. The zero-order valence-corrected chi connectivity index (χ0v) is 16.9. The zero-order chi connectivity index (χ0) is 20.7. The predicted octanol–water partition coefficient (Wildman–Crippen LogP) is 2.20. The van der Waals surface area contributed by atoms with Crippen LogP contribution in [0.5, 0.6) is 0 Å². The van der Waals surface area contributed by atoms with E-state index in [0.29, 0.717) is 25.2 Å². The van der Waals surface area contributed by atoms with Gasteiger partial charge in [0, 0.05) is 30.8 Å². The van der Waals surface area contributed by atoms with Crippen molar-refractivity contribution in [1.29, 1.82) is 0 Å². The van der Waals surface area contributed by atoms with Crippen LogP contribution < -0.4 is 16.2 Å². The molecule has 0 saturated heterocycles. The summed E-state index contributed by atoms with van der Waals surface area (Å²) >= 11 is 6.17. The van der Waals surface area contributed by atoms with E-state index in [1.54, 1.807) is 0 Å². The number of hydrogen-bond donors (Lipinski definition) is 2. The molecule has 150 valence electrons. The van der Waals surface area contributed by atoms with Crippen LogP contribution in [0.3, 0.4) is 0 Å². The number of aromatic amines is 1. The van der Waals surface area contributed by atoms with E-state index in [1.807, 2.05) is 21.7 Å². The van der Waals surface area contributed by atoms with Crippen LogP contribution in [0, 0.1) is 6.92 Å². The van der Waals surface area contributed by atoms with Gasteiger partial charge in [-0.3, -0.25) is 14.3 Å². The van der Waals surface area contributed by atoms with Gasteiger partial charge in [0.25, 0.3) is 11.5 Å². The van der Waals surface area contributed by atoms with Gasteiger partial charge in [0.1, 0.15) is 5.02 Å². The summed E-state index contributed by atoms with van der Waals surface area (Å²) in [7, 11) is 0. The highest BCUT2D eigenvalue weighted by Crippen LogP contribution is 2.32. The maximum Gasteiger partial charge on any atom is 0.285 e. The van der Waals surface area contributed by atoms with Crippen molar-refractivity contribution in [3.05, 3.63) is 73.9 Å². The van der Waals surface area contributed by atoms with Gasteiger partial charge in [0.15, 0.2) is 5.69 Å². The van der Waals surface area contributed by atoms with Crippen molar-refractivity contribution in [3.8, 4) is 0 Å². The zero-order valence-electron chi connectivity index (χ0n) is 16.1. The molecule has 8 nitrogen and oxygen atoms in total. The first-order valence-electron chi connectivity index (χ1n) is 9.32. The van der Waals surface area contributed by atoms with Gasteiger partial charge < -0.3 is 10.6 Å². The molecule has 0 bridgehead atoms. The van der Waals surface area contributed by atoms with Gasteiger partial charge >= 0.3 is 0 Å². The van der Waals surface area contributed by atoms with Crippen LogP contribution in [0.4, 0.5) is 5.69 Å². The number of nitrogens with zero attached hydrogens (tertiary/aromatic N) is 4. The Bertz CT molecular complexity index is 1150. The minimum absolute atomic E-state index is 0.0468. The van der Waals surface area contributed by atoms with Gasteiger partial charge in [-0.2, -0.15) is 10.2 Å². The van der Waals surface area contributed by atoms with Crippen LogP contribution in [0.2, 0.25) is 5.02 Å². The van der Waals surface area contributed by atoms with Crippen LogP contribution in [0.1, 0.15) is 45.8 Å². The van der Waals surface area contributed by atoms with Crippen molar-refractivity contribution < 1.29 is 4.79 Å². The third kappa shape index (κ3) is 3.29. The summed E-state index contributed by atoms with van der Waals surface area (Å²) in [5, 5.41) is 10.8. The monoisotopic (exact) mass is 412 g/mol. The molecule has 1 aromatic carbocycles. The third-order valence-corrected chi connectivity index (χ3v) is 5.81. The molecule has 0 unspecified atom stereocenters. The fourth-order valence-corrected chi connectivity index (χ4v) is 4.16. The van der Waals surface area contributed by atoms with Crippen molar-refractivity contribution in [2.24, 2.45) is 5.73 Å². The molecule has 3 N–H and O–H groups in total. The second-order valence-electron chi connectivity index (χ2n) is 7.19. The van der Waals surface area contributed by atoms with E-state index in [2.05, 4.69) is 41.3 Å². The summed E-state index contributed by atoms with van der Waals surface area (Å²) in [6.45, 7) is 5.10. The number of carbonyl (C=O) groups excluding carboxylic acids is 1. The molecule has 0 radical (unpaired) electrons. The minimum atomic E-state index is -0.575. The number of H-pyrrole nitrogens is 1. The lowest BCUT2D eigenvalue weighted by molar-refractivity contribution is 0.0993. The van der Waals surface area contributed by atoms with Crippen molar-refractivity contribution in [2.75, 3.05) is 11.4 Å². The summed E-state index contributed by atoms with van der Waals surface area (Å²) < 4.78 is 1.90. The van der Waals surface area contributed by atoms with E-state index in [0.717, 1.165) is 22.4 Å². The first kappa shape index (κ1) is 19.2. The van der Waals surface area contributed by atoms with E-state index in [4.69, 9.17) is 17.3 Å². The molecule has 9 heteroatoms. The normalized spacial score (nSPS) is 14.5. The van der Waals surface area contributed by atoms with Gasteiger partial charge in [-0.15, -0.1) is 0 Å². The number of benzene rings is 1. The van der Waals surface area contributed by atoms with Crippen LogP contribution in [0.15, 0.2) is 35.3 Å². The average molecular weight is 413 g/mol. The molecule has 2 aromatic heterocycles. The average Bonchev–Trinajstić information content (AvgIpc) is 3.09. The molecule has 1 amide bonds. The Balaban J connectivity index is 1.77. The number of amides is 1. The summed E-state index contributed by atoms with van der Waals surface area (Å²) in [5.74, 6) is -0.575. The molecule has 0 saturated carbocycles. The molecule has 0 aliphatic carbocycles. The van der Waals surface area contributed by atoms with Gasteiger partial charge in [-0.05, 0) is 25.0 Å². The highest BCUT2D eigenvalue weighted by molar-refractivity contribution is 6.33. The van der Waals surface area contributed by atoms with Gasteiger partial charge in [-0.1, -0.05) is 35.9 Å².